The highest BCUT2D eigenvalue weighted by molar-refractivity contribution is 5.75. The van der Waals surface area contributed by atoms with Crippen LogP contribution < -0.4 is 5.32 Å². The van der Waals surface area contributed by atoms with Crippen molar-refractivity contribution in [2.75, 3.05) is 0 Å². The molecular formula is C14H17N3. The van der Waals surface area contributed by atoms with Gasteiger partial charge in [-0.1, -0.05) is 12.1 Å². The molecule has 2 fully saturated rings. The number of hydrogen-bond donors (Lipinski definition) is 1. The topological polar surface area (TPSA) is 29.9 Å². The molecule has 4 rings (SSSR count). The zero-order chi connectivity index (χ0) is 11.2. The van der Waals surface area contributed by atoms with Crippen LogP contribution in [0.25, 0.3) is 11.0 Å². The molecule has 17 heavy (non-hydrogen) atoms. The lowest BCUT2D eigenvalue weighted by Crippen LogP contribution is -2.38. The number of nitrogens with zero attached hydrogens (tertiary/aromatic N) is 2. The van der Waals surface area contributed by atoms with Gasteiger partial charge in [0.15, 0.2) is 0 Å². The van der Waals surface area contributed by atoms with E-state index in [2.05, 4.69) is 39.1 Å². The average molecular weight is 227 g/mol. The summed E-state index contributed by atoms with van der Waals surface area (Å²) < 4.78 is 2.39. The second-order valence-electron chi connectivity index (χ2n) is 5.40. The summed E-state index contributed by atoms with van der Waals surface area (Å²) >= 11 is 0. The van der Waals surface area contributed by atoms with E-state index in [1.165, 1.54) is 31.2 Å². The van der Waals surface area contributed by atoms with E-state index in [1.807, 2.05) is 6.33 Å². The summed E-state index contributed by atoms with van der Waals surface area (Å²) in [5.74, 6) is 0. The van der Waals surface area contributed by atoms with Gasteiger partial charge in [0, 0.05) is 18.1 Å². The van der Waals surface area contributed by atoms with Crippen LogP contribution in [-0.4, -0.2) is 21.6 Å². The van der Waals surface area contributed by atoms with Crippen molar-refractivity contribution in [1.29, 1.82) is 0 Å². The number of piperidine rings is 1. The zero-order valence-electron chi connectivity index (χ0n) is 9.84. The third kappa shape index (κ3) is 1.49. The van der Waals surface area contributed by atoms with Crippen molar-refractivity contribution < 1.29 is 0 Å². The second kappa shape index (κ2) is 3.57. The zero-order valence-corrected chi connectivity index (χ0v) is 9.84. The van der Waals surface area contributed by atoms with E-state index in [9.17, 15) is 0 Å². The van der Waals surface area contributed by atoms with Gasteiger partial charge in [-0.3, -0.25) is 0 Å². The van der Waals surface area contributed by atoms with Gasteiger partial charge in [-0.05, 0) is 37.8 Å². The van der Waals surface area contributed by atoms with E-state index in [0.29, 0.717) is 6.04 Å². The molecule has 1 aromatic carbocycles. The van der Waals surface area contributed by atoms with Crippen LogP contribution in [0, 0.1) is 0 Å². The van der Waals surface area contributed by atoms with E-state index in [-0.39, 0.29) is 0 Å². The fraction of sp³-hybridized carbons (Fsp3) is 0.500. The molecule has 3 nitrogen and oxygen atoms in total. The van der Waals surface area contributed by atoms with Gasteiger partial charge in [-0.2, -0.15) is 0 Å². The number of rotatable bonds is 1. The van der Waals surface area contributed by atoms with Crippen LogP contribution in [0.5, 0.6) is 0 Å². The number of hydrogen-bond acceptors (Lipinski definition) is 2. The molecular weight excluding hydrogens is 210 g/mol. The summed E-state index contributed by atoms with van der Waals surface area (Å²) in [6.45, 7) is 0. The summed E-state index contributed by atoms with van der Waals surface area (Å²) in [5, 5.41) is 3.70. The maximum atomic E-state index is 4.51. The standard InChI is InChI=1S/C14H17N3/c1-2-4-14-13(3-1)15-9-17(14)12-7-10-5-6-11(8-12)16-10/h1-4,9-12,16H,5-8H2/t10-,11+,12-. The quantitative estimate of drug-likeness (QED) is 0.811. The Hall–Kier alpha value is -1.35. The van der Waals surface area contributed by atoms with E-state index < -0.39 is 0 Å². The first-order valence-electron chi connectivity index (χ1n) is 6.58. The van der Waals surface area contributed by atoms with Gasteiger partial charge in [0.05, 0.1) is 17.4 Å². The molecule has 0 aliphatic carbocycles. The van der Waals surface area contributed by atoms with Crippen molar-refractivity contribution in [3.63, 3.8) is 0 Å². The number of nitrogens with one attached hydrogen (secondary N) is 1. The molecule has 2 aliphatic rings. The van der Waals surface area contributed by atoms with Crippen LogP contribution in [0.15, 0.2) is 30.6 Å². The van der Waals surface area contributed by atoms with Crippen molar-refractivity contribution in [2.45, 2.75) is 43.8 Å². The van der Waals surface area contributed by atoms with Gasteiger partial charge in [0.25, 0.3) is 0 Å². The Labute approximate surface area is 101 Å². The molecule has 2 aliphatic heterocycles. The third-order valence-corrected chi connectivity index (χ3v) is 4.32. The molecule has 88 valence electrons. The third-order valence-electron chi connectivity index (χ3n) is 4.32. The van der Waals surface area contributed by atoms with Crippen molar-refractivity contribution >= 4 is 11.0 Å². The summed E-state index contributed by atoms with van der Waals surface area (Å²) in [5.41, 5.74) is 2.41. The molecule has 0 spiro atoms. The Morgan fingerprint density at radius 3 is 2.71 bits per heavy atom. The van der Waals surface area contributed by atoms with Gasteiger partial charge in [-0.25, -0.2) is 4.98 Å². The van der Waals surface area contributed by atoms with Crippen LogP contribution in [-0.2, 0) is 0 Å². The van der Waals surface area contributed by atoms with Crippen LogP contribution in [0.1, 0.15) is 31.7 Å². The molecule has 2 saturated heterocycles. The number of imidazole rings is 1. The minimum atomic E-state index is 0.640. The highest BCUT2D eigenvalue weighted by Crippen LogP contribution is 2.35. The summed E-state index contributed by atoms with van der Waals surface area (Å²) in [6.07, 6.45) is 7.26. The Balaban J connectivity index is 1.74. The van der Waals surface area contributed by atoms with Crippen LogP contribution in [0.2, 0.25) is 0 Å². The monoisotopic (exact) mass is 227 g/mol. The highest BCUT2D eigenvalue weighted by Gasteiger charge is 2.34. The van der Waals surface area contributed by atoms with Gasteiger partial charge in [0.2, 0.25) is 0 Å². The Morgan fingerprint density at radius 2 is 1.88 bits per heavy atom. The lowest BCUT2D eigenvalue weighted by Gasteiger charge is -2.30. The maximum absolute atomic E-state index is 4.51. The largest absolute Gasteiger partial charge is 0.327 e. The van der Waals surface area contributed by atoms with Crippen molar-refractivity contribution in [1.82, 2.24) is 14.9 Å². The molecule has 3 atom stereocenters. The Morgan fingerprint density at radius 1 is 1.12 bits per heavy atom. The molecule has 3 heterocycles. The molecule has 2 aromatic rings. The molecule has 1 N–H and O–H groups in total. The summed E-state index contributed by atoms with van der Waals surface area (Å²) in [7, 11) is 0. The molecule has 0 unspecified atom stereocenters. The summed E-state index contributed by atoms with van der Waals surface area (Å²) in [6, 6.07) is 10.6. The van der Waals surface area contributed by atoms with E-state index in [0.717, 1.165) is 17.6 Å². The van der Waals surface area contributed by atoms with Crippen molar-refractivity contribution in [3.05, 3.63) is 30.6 Å². The van der Waals surface area contributed by atoms with Gasteiger partial charge in [0.1, 0.15) is 0 Å². The lowest BCUT2D eigenvalue weighted by molar-refractivity contribution is 0.303. The normalized spacial score (nSPS) is 32.1. The van der Waals surface area contributed by atoms with Crippen LogP contribution in [0.3, 0.4) is 0 Å². The number of para-hydroxylation sites is 2. The number of benzene rings is 1. The van der Waals surface area contributed by atoms with E-state index in [4.69, 9.17) is 0 Å². The fourth-order valence-electron chi connectivity index (χ4n) is 3.52. The van der Waals surface area contributed by atoms with Gasteiger partial charge >= 0.3 is 0 Å². The van der Waals surface area contributed by atoms with E-state index >= 15 is 0 Å². The molecule has 0 amide bonds. The first kappa shape index (κ1) is 9.66. The van der Waals surface area contributed by atoms with Crippen molar-refractivity contribution in [2.24, 2.45) is 0 Å². The Bertz CT molecular complexity index is 533. The number of fused-ring (bicyclic) bond motifs is 3. The summed E-state index contributed by atoms with van der Waals surface area (Å²) in [4.78, 5) is 4.51. The predicted molar refractivity (Wildman–Crippen MR) is 67.9 cm³/mol. The molecule has 0 radical (unpaired) electrons. The van der Waals surface area contributed by atoms with Crippen LogP contribution in [0.4, 0.5) is 0 Å². The first-order chi connectivity index (χ1) is 8.40. The van der Waals surface area contributed by atoms with Gasteiger partial charge < -0.3 is 9.88 Å². The van der Waals surface area contributed by atoms with E-state index in [1.54, 1.807) is 0 Å². The van der Waals surface area contributed by atoms with Gasteiger partial charge in [-0.15, -0.1) is 0 Å². The van der Waals surface area contributed by atoms with Crippen molar-refractivity contribution in [3.8, 4) is 0 Å². The Kier molecular flexibility index (Phi) is 2.03. The molecule has 0 saturated carbocycles. The molecule has 2 bridgehead atoms. The highest BCUT2D eigenvalue weighted by atomic mass is 15.1. The smallest absolute Gasteiger partial charge is 0.0960 e. The second-order valence-corrected chi connectivity index (χ2v) is 5.40. The average Bonchev–Trinajstić information content (AvgIpc) is 2.93. The lowest BCUT2D eigenvalue weighted by atomic mass is 9.99. The minimum Gasteiger partial charge on any atom is -0.327 e. The minimum absolute atomic E-state index is 0.640. The first-order valence-corrected chi connectivity index (χ1v) is 6.58. The SMILES string of the molecule is c1ccc2c(c1)ncn2[C@@H]1C[C@H]2CC[C@@H](C1)N2. The number of aromatic nitrogens is 2. The fourth-order valence-corrected chi connectivity index (χ4v) is 3.52. The van der Waals surface area contributed by atoms with Crippen LogP contribution >= 0.6 is 0 Å². The molecule has 1 aromatic heterocycles. The predicted octanol–water partition coefficient (Wildman–Crippen LogP) is 2.49. The molecule has 3 heteroatoms. The maximum Gasteiger partial charge on any atom is 0.0960 e.